The van der Waals surface area contributed by atoms with E-state index in [-0.39, 0.29) is 25.6 Å². The van der Waals surface area contributed by atoms with Crippen molar-refractivity contribution in [1.82, 2.24) is 4.57 Å². The van der Waals surface area contributed by atoms with E-state index < -0.39 is 7.60 Å². The fraction of sp³-hybridized carbons (Fsp3) is 0.438. The first-order valence-electron chi connectivity index (χ1n) is 7.61. The van der Waals surface area contributed by atoms with E-state index >= 15 is 0 Å². The monoisotopic (exact) mass is 339 g/mol. The van der Waals surface area contributed by atoms with Crippen molar-refractivity contribution in [1.29, 1.82) is 0 Å². The number of nitrogens with zero attached hydrogens (tertiary/aromatic N) is 1. The van der Waals surface area contributed by atoms with Crippen molar-refractivity contribution in [2.75, 3.05) is 19.8 Å². The molecule has 0 bridgehead atoms. The van der Waals surface area contributed by atoms with Crippen LogP contribution in [0, 0.1) is 0 Å². The molecule has 126 valence electrons. The molecule has 23 heavy (non-hydrogen) atoms. The van der Waals surface area contributed by atoms with Gasteiger partial charge < -0.3 is 18.7 Å². The highest BCUT2D eigenvalue weighted by atomic mass is 31.2. The highest BCUT2D eigenvalue weighted by molar-refractivity contribution is 7.62. The van der Waals surface area contributed by atoms with Crippen molar-refractivity contribution >= 4 is 29.6 Å². The highest BCUT2D eigenvalue weighted by Crippen LogP contribution is 2.47. The topological polar surface area (TPSA) is 77.8 Å². The Hall–Kier alpha value is -1.46. The normalized spacial score (nSPS) is 12.0. The number of ketones is 1. The number of hydrogen-bond acceptors (Lipinski definition) is 5. The molecule has 0 atom stereocenters. The third kappa shape index (κ3) is 3.56. The Balaban J connectivity index is 2.62. The average molecular weight is 339 g/mol. The number of aromatic nitrogens is 1. The van der Waals surface area contributed by atoms with E-state index in [0.29, 0.717) is 17.4 Å². The minimum atomic E-state index is -3.39. The minimum absolute atomic E-state index is 0.0556. The summed E-state index contributed by atoms with van der Waals surface area (Å²) >= 11 is 0. The lowest BCUT2D eigenvalue weighted by Crippen LogP contribution is -2.11. The Kier molecular flexibility index (Phi) is 5.76. The van der Waals surface area contributed by atoms with Crippen LogP contribution < -0.4 is 5.30 Å². The molecule has 0 saturated carbocycles. The van der Waals surface area contributed by atoms with Gasteiger partial charge >= 0.3 is 7.60 Å². The van der Waals surface area contributed by atoms with E-state index in [9.17, 15) is 14.5 Å². The van der Waals surface area contributed by atoms with E-state index in [0.717, 1.165) is 10.9 Å². The van der Waals surface area contributed by atoms with Crippen LogP contribution in [0.2, 0.25) is 0 Å². The molecule has 7 heteroatoms. The predicted octanol–water partition coefficient (Wildman–Crippen LogP) is 2.73. The molecular weight excluding hydrogens is 317 g/mol. The first-order valence-corrected chi connectivity index (χ1v) is 9.15. The molecule has 2 rings (SSSR count). The largest absolute Gasteiger partial charge is 0.395 e. The molecule has 1 aromatic heterocycles. The van der Waals surface area contributed by atoms with Crippen LogP contribution in [0.5, 0.6) is 0 Å². The zero-order valence-corrected chi connectivity index (χ0v) is 14.5. The quantitative estimate of drug-likeness (QED) is 0.591. The Bertz CT molecular complexity index is 742. The van der Waals surface area contributed by atoms with Crippen LogP contribution in [0.4, 0.5) is 0 Å². The Morgan fingerprint density at radius 3 is 2.43 bits per heavy atom. The van der Waals surface area contributed by atoms with Gasteiger partial charge in [0.1, 0.15) is 0 Å². The van der Waals surface area contributed by atoms with Crippen molar-refractivity contribution in [2.45, 2.75) is 27.3 Å². The number of aliphatic hydroxyl groups is 1. The van der Waals surface area contributed by atoms with E-state index in [1.807, 2.05) is 0 Å². The first kappa shape index (κ1) is 17.9. The maximum Gasteiger partial charge on any atom is 0.361 e. The van der Waals surface area contributed by atoms with E-state index in [4.69, 9.17) is 9.05 Å². The maximum absolute atomic E-state index is 12.9. The lowest BCUT2D eigenvalue weighted by atomic mass is 10.1. The number of rotatable bonds is 8. The van der Waals surface area contributed by atoms with Crippen LogP contribution in [-0.4, -0.2) is 35.3 Å². The lowest BCUT2D eigenvalue weighted by Gasteiger charge is -2.17. The molecule has 0 aliphatic rings. The van der Waals surface area contributed by atoms with Crippen LogP contribution in [0.3, 0.4) is 0 Å². The number of fused-ring (bicyclic) bond motifs is 1. The van der Waals surface area contributed by atoms with Gasteiger partial charge in [-0.25, -0.2) is 0 Å². The number of Topliss-reactive ketones (excluding diaryl/α,β-unsaturated/α-hetero) is 1. The zero-order chi connectivity index (χ0) is 17.0. The van der Waals surface area contributed by atoms with Gasteiger partial charge in [0.05, 0.1) is 25.1 Å². The second-order valence-electron chi connectivity index (χ2n) is 5.05. The minimum Gasteiger partial charge on any atom is -0.395 e. The van der Waals surface area contributed by atoms with E-state index in [1.165, 1.54) is 6.92 Å². The molecule has 0 aliphatic heterocycles. The predicted molar refractivity (Wildman–Crippen MR) is 89.5 cm³/mol. The third-order valence-electron chi connectivity index (χ3n) is 3.50. The summed E-state index contributed by atoms with van der Waals surface area (Å²) in [4.78, 5) is 11.8. The summed E-state index contributed by atoms with van der Waals surface area (Å²) in [5, 5.41) is 10.4. The number of aliphatic hydroxyl groups excluding tert-OH is 1. The van der Waals surface area contributed by atoms with Gasteiger partial charge in [-0.1, -0.05) is 6.07 Å². The molecule has 1 heterocycles. The van der Waals surface area contributed by atoms with Gasteiger partial charge in [0, 0.05) is 29.2 Å². The molecule has 0 unspecified atom stereocenters. The van der Waals surface area contributed by atoms with Gasteiger partial charge in [-0.05, 0) is 32.9 Å². The molecule has 0 aliphatic carbocycles. The maximum atomic E-state index is 12.9. The summed E-state index contributed by atoms with van der Waals surface area (Å²) in [6.07, 6.45) is 1.71. The SMILES string of the molecule is CCOP(=O)(OCC)c1ccc2c(C(C)=O)cn(CCO)c2c1. The molecule has 0 fully saturated rings. The zero-order valence-electron chi connectivity index (χ0n) is 13.6. The van der Waals surface area contributed by atoms with Crippen molar-refractivity contribution < 1.29 is 23.5 Å². The summed E-state index contributed by atoms with van der Waals surface area (Å²) in [5.74, 6) is -0.0581. The molecule has 6 nitrogen and oxygen atoms in total. The van der Waals surface area contributed by atoms with Gasteiger partial charge in [0.15, 0.2) is 5.78 Å². The molecule has 2 aromatic rings. The molecule has 1 aromatic carbocycles. The fourth-order valence-electron chi connectivity index (χ4n) is 2.55. The molecule has 1 N–H and O–H groups in total. The van der Waals surface area contributed by atoms with Crippen molar-refractivity contribution in [2.24, 2.45) is 0 Å². The van der Waals surface area contributed by atoms with Crippen LogP contribution in [0.1, 0.15) is 31.1 Å². The molecule has 0 radical (unpaired) electrons. The Morgan fingerprint density at radius 2 is 1.91 bits per heavy atom. The van der Waals surface area contributed by atoms with Crippen LogP contribution in [-0.2, 0) is 20.2 Å². The summed E-state index contributed by atoms with van der Waals surface area (Å²) in [5.41, 5.74) is 1.30. The number of carbonyl (C=O) groups excluding carboxylic acids is 1. The fourth-order valence-corrected chi connectivity index (χ4v) is 4.14. The Morgan fingerprint density at radius 1 is 1.26 bits per heavy atom. The number of hydrogen-bond donors (Lipinski definition) is 1. The first-order chi connectivity index (χ1) is 11.0. The smallest absolute Gasteiger partial charge is 0.361 e. The van der Waals surface area contributed by atoms with Gasteiger partial charge in [-0.3, -0.25) is 9.36 Å². The third-order valence-corrected chi connectivity index (χ3v) is 5.61. The molecule has 0 saturated heterocycles. The van der Waals surface area contributed by atoms with Crippen molar-refractivity contribution in [3.8, 4) is 0 Å². The summed E-state index contributed by atoms with van der Waals surface area (Å²) in [6, 6.07) is 5.13. The molecule has 0 amide bonds. The van der Waals surface area contributed by atoms with Crippen molar-refractivity contribution in [3.63, 3.8) is 0 Å². The van der Waals surface area contributed by atoms with E-state index in [2.05, 4.69) is 0 Å². The standard InChI is InChI=1S/C16H22NO5P/c1-4-21-23(20,22-5-2)13-6-7-14-15(12(3)19)11-17(8-9-18)16(14)10-13/h6-7,10-11,18H,4-5,8-9H2,1-3H3. The lowest BCUT2D eigenvalue weighted by molar-refractivity contribution is 0.101. The van der Waals surface area contributed by atoms with Gasteiger partial charge in [0.25, 0.3) is 0 Å². The highest BCUT2D eigenvalue weighted by Gasteiger charge is 2.27. The number of carbonyl (C=O) groups is 1. The second-order valence-corrected chi connectivity index (χ2v) is 7.08. The summed E-state index contributed by atoms with van der Waals surface area (Å²) in [7, 11) is -3.39. The van der Waals surface area contributed by atoms with Crippen molar-refractivity contribution in [3.05, 3.63) is 30.0 Å². The average Bonchev–Trinajstić information content (AvgIpc) is 2.87. The van der Waals surface area contributed by atoms with E-state index in [1.54, 1.807) is 42.8 Å². The van der Waals surface area contributed by atoms with Crippen LogP contribution in [0.25, 0.3) is 10.9 Å². The Labute approximate surface area is 135 Å². The molecular formula is C16H22NO5P. The summed E-state index contributed by atoms with van der Waals surface area (Å²) in [6.45, 7) is 5.84. The van der Waals surface area contributed by atoms with Crippen LogP contribution >= 0.6 is 7.60 Å². The number of benzene rings is 1. The molecule has 0 spiro atoms. The van der Waals surface area contributed by atoms with Gasteiger partial charge in [-0.2, -0.15) is 0 Å². The second kappa shape index (κ2) is 7.41. The van der Waals surface area contributed by atoms with Gasteiger partial charge in [-0.15, -0.1) is 0 Å². The van der Waals surface area contributed by atoms with Crippen LogP contribution in [0.15, 0.2) is 24.4 Å². The summed E-state index contributed by atoms with van der Waals surface area (Å²) < 4.78 is 25.4. The van der Waals surface area contributed by atoms with Gasteiger partial charge in [0.2, 0.25) is 0 Å².